The van der Waals surface area contributed by atoms with Gasteiger partial charge in [-0.15, -0.1) is 0 Å². The van der Waals surface area contributed by atoms with Crippen molar-refractivity contribution in [3.63, 3.8) is 0 Å². The number of sulfonamides is 1. The predicted octanol–water partition coefficient (Wildman–Crippen LogP) is 5.55. The zero-order valence-corrected chi connectivity index (χ0v) is 15.3. The number of halogens is 9. The first-order chi connectivity index (χ1) is 13.4. The molecule has 0 spiro atoms. The third kappa shape index (κ3) is 5.29. The number of benzene rings is 2. The van der Waals surface area contributed by atoms with Crippen molar-refractivity contribution in [2.75, 3.05) is 11.8 Å². The van der Waals surface area contributed by atoms with Crippen molar-refractivity contribution in [1.82, 2.24) is 0 Å². The number of methoxy groups -OCH3 is 1. The lowest BCUT2D eigenvalue weighted by molar-refractivity contribution is -0.143. The van der Waals surface area contributed by atoms with Crippen LogP contribution >= 0.6 is 0 Å². The highest BCUT2D eigenvalue weighted by molar-refractivity contribution is 7.92. The van der Waals surface area contributed by atoms with E-state index in [4.69, 9.17) is 4.74 Å². The minimum atomic E-state index is -5.32. The number of ether oxygens (including phenoxy) is 1. The van der Waals surface area contributed by atoms with E-state index in [1.165, 1.54) is 4.72 Å². The molecule has 0 radical (unpaired) electrons. The first-order valence-electron chi connectivity index (χ1n) is 7.52. The highest BCUT2D eigenvalue weighted by Crippen LogP contribution is 2.39. The number of rotatable bonds is 4. The molecule has 30 heavy (non-hydrogen) atoms. The van der Waals surface area contributed by atoms with Gasteiger partial charge in [0.25, 0.3) is 10.0 Å². The van der Waals surface area contributed by atoms with Crippen molar-refractivity contribution in [3.8, 4) is 5.75 Å². The monoisotopic (exact) mass is 467 g/mol. The molecule has 0 saturated heterocycles. The Balaban J connectivity index is 2.63. The third-order valence-electron chi connectivity index (χ3n) is 3.64. The lowest BCUT2D eigenvalue weighted by atomic mass is 10.1. The molecular weight excluding hydrogens is 457 g/mol. The number of hydrogen-bond acceptors (Lipinski definition) is 3. The largest absolute Gasteiger partial charge is 0.495 e. The molecule has 0 fully saturated rings. The van der Waals surface area contributed by atoms with Crippen LogP contribution in [0.3, 0.4) is 0 Å². The molecule has 4 nitrogen and oxygen atoms in total. The van der Waals surface area contributed by atoms with Crippen molar-refractivity contribution in [1.29, 1.82) is 0 Å². The summed E-state index contributed by atoms with van der Waals surface area (Å²) in [6.07, 6.45) is -15.6. The molecule has 14 heteroatoms. The van der Waals surface area contributed by atoms with Crippen molar-refractivity contribution >= 4 is 15.7 Å². The fourth-order valence-corrected chi connectivity index (χ4v) is 3.38. The second kappa shape index (κ2) is 7.56. The highest BCUT2D eigenvalue weighted by Gasteiger charge is 2.38. The summed E-state index contributed by atoms with van der Waals surface area (Å²) in [5, 5.41) is 0. The number of nitrogens with one attached hydrogen (secondary N) is 1. The van der Waals surface area contributed by atoms with E-state index in [1.54, 1.807) is 0 Å². The van der Waals surface area contributed by atoms with Crippen LogP contribution in [0.2, 0.25) is 0 Å². The van der Waals surface area contributed by atoms with Gasteiger partial charge in [-0.2, -0.15) is 39.5 Å². The topological polar surface area (TPSA) is 55.4 Å². The van der Waals surface area contributed by atoms with E-state index in [0.29, 0.717) is 6.07 Å². The van der Waals surface area contributed by atoms with E-state index >= 15 is 0 Å². The predicted molar refractivity (Wildman–Crippen MR) is 85.3 cm³/mol. The Hall–Kier alpha value is -2.64. The van der Waals surface area contributed by atoms with Gasteiger partial charge < -0.3 is 4.74 Å². The van der Waals surface area contributed by atoms with Gasteiger partial charge in [-0.1, -0.05) is 0 Å². The van der Waals surface area contributed by atoms with Crippen molar-refractivity contribution in [2.24, 2.45) is 0 Å². The summed E-state index contributed by atoms with van der Waals surface area (Å²) in [5.41, 5.74) is -5.98. The lowest BCUT2D eigenvalue weighted by Gasteiger charge is -2.17. The fourth-order valence-electron chi connectivity index (χ4n) is 2.25. The molecule has 0 atom stereocenters. The third-order valence-corrected chi connectivity index (χ3v) is 4.99. The zero-order valence-electron chi connectivity index (χ0n) is 14.5. The fraction of sp³-hybridized carbons (Fsp3) is 0.250. The van der Waals surface area contributed by atoms with Crippen LogP contribution in [-0.2, 0) is 28.6 Å². The smallest absolute Gasteiger partial charge is 0.416 e. The second-order valence-corrected chi connectivity index (χ2v) is 7.44. The average Bonchev–Trinajstić information content (AvgIpc) is 2.58. The molecule has 2 rings (SSSR count). The average molecular weight is 467 g/mol. The summed E-state index contributed by atoms with van der Waals surface area (Å²) in [5.74, 6) is -0.449. The maximum Gasteiger partial charge on any atom is 0.416 e. The molecule has 0 bridgehead atoms. The molecule has 1 N–H and O–H groups in total. The summed E-state index contributed by atoms with van der Waals surface area (Å²) in [7, 11) is -4.21. The minimum Gasteiger partial charge on any atom is -0.495 e. The molecule has 0 saturated carbocycles. The first-order valence-corrected chi connectivity index (χ1v) is 9.01. The van der Waals surface area contributed by atoms with Crippen molar-refractivity contribution in [3.05, 3.63) is 53.1 Å². The minimum absolute atomic E-state index is 0.0718. The van der Waals surface area contributed by atoms with Crippen LogP contribution < -0.4 is 9.46 Å². The van der Waals surface area contributed by atoms with E-state index in [-0.39, 0.29) is 24.3 Å². The Labute approximate surface area is 163 Å². The Kier molecular flexibility index (Phi) is 5.96. The number of anilines is 1. The van der Waals surface area contributed by atoms with E-state index in [1.807, 2.05) is 0 Å². The molecule has 0 aliphatic heterocycles. The van der Waals surface area contributed by atoms with Gasteiger partial charge in [0, 0.05) is 0 Å². The van der Waals surface area contributed by atoms with Gasteiger partial charge >= 0.3 is 18.5 Å². The summed E-state index contributed by atoms with van der Waals surface area (Å²) in [6, 6.07) is 1.13. The zero-order chi connectivity index (χ0) is 23.1. The van der Waals surface area contributed by atoms with Gasteiger partial charge in [0.2, 0.25) is 0 Å². The van der Waals surface area contributed by atoms with E-state index in [9.17, 15) is 47.9 Å². The van der Waals surface area contributed by atoms with Crippen LogP contribution in [-0.4, -0.2) is 15.5 Å². The molecule has 0 aliphatic carbocycles. The second-order valence-electron chi connectivity index (χ2n) is 5.76. The summed E-state index contributed by atoms with van der Waals surface area (Å²) >= 11 is 0. The Morgan fingerprint density at radius 3 is 1.60 bits per heavy atom. The van der Waals surface area contributed by atoms with Gasteiger partial charge in [0.15, 0.2) is 0 Å². The van der Waals surface area contributed by atoms with Crippen LogP contribution in [0.25, 0.3) is 0 Å². The van der Waals surface area contributed by atoms with E-state index in [0.717, 1.165) is 13.2 Å². The number of hydrogen-bond donors (Lipinski definition) is 1. The van der Waals surface area contributed by atoms with Crippen molar-refractivity contribution in [2.45, 2.75) is 23.4 Å². The van der Waals surface area contributed by atoms with Gasteiger partial charge in [0.05, 0.1) is 34.4 Å². The standard InChI is InChI=1S/C16H10F9NO3S/c1-29-13-3-2-8(14(17,18)19)7-12(13)26-30(27,28)11-5-9(15(20,21)22)4-10(6-11)16(23,24)25/h2-7,26H,1H3. The normalized spacial score (nSPS) is 13.3. The Morgan fingerprint density at radius 2 is 1.20 bits per heavy atom. The first kappa shape index (κ1) is 23.6. The van der Waals surface area contributed by atoms with Gasteiger partial charge in [-0.25, -0.2) is 8.42 Å². The van der Waals surface area contributed by atoms with Gasteiger partial charge in [-0.3, -0.25) is 4.72 Å². The quantitative estimate of drug-likeness (QED) is 0.600. The number of alkyl halides is 9. The summed E-state index contributed by atoms with van der Waals surface area (Å²) in [6.45, 7) is 0. The lowest BCUT2D eigenvalue weighted by Crippen LogP contribution is -2.18. The molecule has 0 aromatic heterocycles. The van der Waals surface area contributed by atoms with Gasteiger partial charge in [0.1, 0.15) is 5.75 Å². The summed E-state index contributed by atoms with van der Waals surface area (Å²) in [4.78, 5) is -1.45. The molecule has 0 heterocycles. The Morgan fingerprint density at radius 1 is 0.733 bits per heavy atom. The molecule has 0 unspecified atom stereocenters. The Bertz CT molecular complexity index is 1010. The molecule has 0 amide bonds. The van der Waals surface area contributed by atoms with E-state index < -0.39 is 61.6 Å². The molecule has 2 aromatic carbocycles. The summed E-state index contributed by atoms with van der Waals surface area (Å²) < 4.78 is 147. The van der Waals surface area contributed by atoms with E-state index in [2.05, 4.69) is 0 Å². The van der Waals surface area contributed by atoms with Crippen LogP contribution in [0.4, 0.5) is 45.2 Å². The molecule has 0 aliphatic rings. The highest BCUT2D eigenvalue weighted by atomic mass is 32.2. The van der Waals surface area contributed by atoms with Crippen LogP contribution in [0.15, 0.2) is 41.3 Å². The molecule has 166 valence electrons. The maximum atomic E-state index is 12.9. The van der Waals surface area contributed by atoms with Crippen LogP contribution in [0.1, 0.15) is 16.7 Å². The molecule has 2 aromatic rings. The maximum absolute atomic E-state index is 12.9. The van der Waals surface area contributed by atoms with Crippen LogP contribution in [0, 0.1) is 0 Å². The van der Waals surface area contributed by atoms with Gasteiger partial charge in [-0.05, 0) is 36.4 Å². The van der Waals surface area contributed by atoms with Crippen LogP contribution in [0.5, 0.6) is 5.75 Å². The van der Waals surface area contributed by atoms with Crippen molar-refractivity contribution < 1.29 is 52.7 Å². The SMILES string of the molecule is COc1ccc(C(F)(F)F)cc1NS(=O)(=O)c1cc(C(F)(F)F)cc(C(F)(F)F)c1. The molecular formula is C16H10F9NO3S.